The minimum atomic E-state index is -4.21. The molecule has 8 nitrogen and oxygen atoms in total. The van der Waals surface area contributed by atoms with Gasteiger partial charge < -0.3 is 19.1 Å². The summed E-state index contributed by atoms with van der Waals surface area (Å²) in [6, 6.07) is -0.657. The number of esters is 1. The van der Waals surface area contributed by atoms with E-state index in [0.29, 0.717) is 0 Å². The van der Waals surface area contributed by atoms with Crippen LogP contribution in [-0.2, 0) is 26.5 Å². The Morgan fingerprint density at radius 2 is 2.26 bits per heavy atom. The Kier molecular flexibility index (Phi) is 5.40. The number of sulfonamides is 1. The maximum Gasteiger partial charge on any atom is 0.358 e. The summed E-state index contributed by atoms with van der Waals surface area (Å²) in [5.41, 5.74) is -0.464. The maximum absolute atomic E-state index is 14.4. The van der Waals surface area contributed by atoms with Crippen LogP contribution in [0.4, 0.5) is 4.39 Å². The Morgan fingerprint density at radius 3 is 2.87 bits per heavy atom. The van der Waals surface area contributed by atoms with E-state index >= 15 is 0 Å². The number of aromatic nitrogens is 1. The molecule has 1 aromatic rings. The molecule has 2 heterocycles. The van der Waals surface area contributed by atoms with Crippen molar-refractivity contribution in [1.29, 1.82) is 0 Å². The molecule has 0 saturated carbocycles. The fourth-order valence-electron chi connectivity index (χ4n) is 2.36. The van der Waals surface area contributed by atoms with Crippen LogP contribution in [0.3, 0.4) is 0 Å². The van der Waals surface area contributed by atoms with Crippen LogP contribution in [-0.4, -0.2) is 56.5 Å². The molecule has 23 heavy (non-hydrogen) atoms. The summed E-state index contributed by atoms with van der Waals surface area (Å²) >= 11 is 0. The number of carbonyl (C=O) groups excluding carboxylic acids is 1. The van der Waals surface area contributed by atoms with E-state index in [0.717, 1.165) is 10.8 Å². The van der Waals surface area contributed by atoms with Gasteiger partial charge in [0.2, 0.25) is 10.0 Å². The Bertz CT molecular complexity index is 687. The third-order valence-corrected chi connectivity index (χ3v) is 5.06. The van der Waals surface area contributed by atoms with Gasteiger partial charge in [-0.05, 0) is 6.92 Å². The van der Waals surface area contributed by atoms with Gasteiger partial charge in [-0.2, -0.15) is 0 Å². The number of ether oxygens (including phenoxy) is 2. The van der Waals surface area contributed by atoms with Crippen molar-refractivity contribution in [3.8, 4) is 0 Å². The zero-order valence-corrected chi connectivity index (χ0v) is 13.6. The van der Waals surface area contributed by atoms with Crippen molar-refractivity contribution < 1.29 is 32.2 Å². The molecule has 1 aliphatic rings. The van der Waals surface area contributed by atoms with Crippen LogP contribution in [0.5, 0.6) is 0 Å². The van der Waals surface area contributed by atoms with Crippen molar-refractivity contribution in [3.63, 3.8) is 0 Å². The van der Waals surface area contributed by atoms with E-state index in [2.05, 4.69) is 4.72 Å². The van der Waals surface area contributed by atoms with Crippen LogP contribution < -0.4 is 4.72 Å². The first-order valence-corrected chi connectivity index (χ1v) is 8.53. The predicted octanol–water partition coefficient (Wildman–Crippen LogP) is -0.373. The zero-order valence-electron chi connectivity index (χ0n) is 12.8. The molecule has 130 valence electrons. The number of halogens is 1. The third kappa shape index (κ3) is 3.55. The van der Waals surface area contributed by atoms with Crippen molar-refractivity contribution in [1.82, 2.24) is 9.29 Å². The highest BCUT2D eigenvalue weighted by atomic mass is 32.2. The van der Waals surface area contributed by atoms with Gasteiger partial charge in [0.15, 0.2) is 11.5 Å². The second-order valence-electron chi connectivity index (χ2n) is 5.20. The third-order valence-electron chi connectivity index (χ3n) is 3.59. The minimum absolute atomic E-state index is 0.0430. The molecule has 2 rings (SSSR count). The molecule has 10 heteroatoms. The van der Waals surface area contributed by atoms with Crippen molar-refractivity contribution in [2.45, 2.75) is 17.9 Å². The van der Waals surface area contributed by atoms with E-state index in [1.807, 2.05) is 0 Å². The summed E-state index contributed by atoms with van der Waals surface area (Å²) < 4.78 is 52.3. The van der Waals surface area contributed by atoms with Crippen LogP contribution in [0.15, 0.2) is 11.1 Å². The zero-order chi connectivity index (χ0) is 17.2. The quantitative estimate of drug-likeness (QED) is 0.678. The van der Waals surface area contributed by atoms with Crippen LogP contribution >= 0.6 is 0 Å². The first-order chi connectivity index (χ1) is 10.8. The summed E-state index contributed by atoms with van der Waals surface area (Å²) in [6.45, 7) is 1.66. The van der Waals surface area contributed by atoms with E-state index in [1.165, 1.54) is 7.05 Å². The SMILES string of the molecule is CCOC(=O)c1c(F)c(S(=O)(=O)NC2COCC2CO)cn1C. The van der Waals surface area contributed by atoms with Crippen LogP contribution in [0.1, 0.15) is 17.4 Å². The number of aliphatic hydroxyl groups excluding tert-OH is 1. The normalized spacial score (nSPS) is 21.6. The fraction of sp³-hybridized carbons (Fsp3) is 0.615. The number of hydrogen-bond acceptors (Lipinski definition) is 6. The molecule has 2 N–H and O–H groups in total. The Labute approximate surface area is 133 Å². The lowest BCUT2D eigenvalue weighted by Gasteiger charge is -2.16. The van der Waals surface area contributed by atoms with Crippen LogP contribution in [0, 0.1) is 11.7 Å². The van der Waals surface area contributed by atoms with Gasteiger partial charge in [-0.25, -0.2) is 22.3 Å². The molecule has 1 fully saturated rings. The van der Waals surface area contributed by atoms with E-state index in [-0.39, 0.29) is 26.4 Å². The Morgan fingerprint density at radius 1 is 1.57 bits per heavy atom. The average molecular weight is 350 g/mol. The van der Waals surface area contributed by atoms with Gasteiger partial charge in [-0.3, -0.25) is 0 Å². The fourth-order valence-corrected chi connectivity index (χ4v) is 3.78. The number of nitrogens with zero attached hydrogens (tertiary/aromatic N) is 1. The number of hydrogen-bond donors (Lipinski definition) is 2. The van der Waals surface area contributed by atoms with Crippen LogP contribution in [0.25, 0.3) is 0 Å². The van der Waals surface area contributed by atoms with E-state index in [4.69, 9.17) is 9.47 Å². The molecule has 0 amide bonds. The largest absolute Gasteiger partial charge is 0.461 e. The molecule has 0 radical (unpaired) electrons. The van der Waals surface area contributed by atoms with Crippen molar-refractivity contribution in [2.24, 2.45) is 13.0 Å². The molecule has 2 unspecified atom stereocenters. The smallest absolute Gasteiger partial charge is 0.358 e. The van der Waals surface area contributed by atoms with Gasteiger partial charge >= 0.3 is 5.97 Å². The molecular formula is C13H19FN2O6S. The molecule has 2 atom stereocenters. The Hall–Kier alpha value is -1.49. The van der Waals surface area contributed by atoms with Gasteiger partial charge in [0, 0.05) is 25.8 Å². The number of aryl methyl sites for hydroxylation is 1. The molecule has 1 aliphatic heterocycles. The molecular weight excluding hydrogens is 331 g/mol. The van der Waals surface area contributed by atoms with Gasteiger partial charge in [-0.15, -0.1) is 0 Å². The molecule has 1 saturated heterocycles. The van der Waals surface area contributed by atoms with Crippen LogP contribution in [0.2, 0.25) is 0 Å². The summed E-state index contributed by atoms with van der Waals surface area (Å²) in [4.78, 5) is 11.1. The number of aliphatic hydroxyl groups is 1. The van der Waals surface area contributed by atoms with E-state index in [9.17, 15) is 22.7 Å². The molecule has 0 spiro atoms. The monoisotopic (exact) mass is 350 g/mol. The van der Waals surface area contributed by atoms with Crippen molar-refractivity contribution in [3.05, 3.63) is 17.7 Å². The van der Waals surface area contributed by atoms with Gasteiger partial charge in [-0.1, -0.05) is 0 Å². The van der Waals surface area contributed by atoms with Gasteiger partial charge in [0.1, 0.15) is 4.90 Å². The molecule has 0 aromatic carbocycles. The highest BCUT2D eigenvalue weighted by molar-refractivity contribution is 7.89. The summed E-state index contributed by atoms with van der Waals surface area (Å²) in [6.07, 6.45) is 1.01. The first-order valence-electron chi connectivity index (χ1n) is 7.04. The second-order valence-corrected chi connectivity index (χ2v) is 6.88. The molecule has 1 aromatic heterocycles. The average Bonchev–Trinajstić information content (AvgIpc) is 3.03. The second kappa shape index (κ2) is 6.95. The minimum Gasteiger partial charge on any atom is -0.461 e. The highest BCUT2D eigenvalue weighted by Crippen LogP contribution is 2.23. The van der Waals surface area contributed by atoms with E-state index < -0.39 is 44.4 Å². The van der Waals surface area contributed by atoms with Gasteiger partial charge in [0.05, 0.1) is 25.9 Å². The predicted molar refractivity (Wildman–Crippen MR) is 76.8 cm³/mol. The first kappa shape index (κ1) is 17.9. The number of nitrogens with one attached hydrogen (secondary N) is 1. The number of carbonyl (C=O) groups is 1. The number of rotatable bonds is 6. The lowest BCUT2D eigenvalue weighted by Crippen LogP contribution is -2.41. The van der Waals surface area contributed by atoms with E-state index in [1.54, 1.807) is 6.92 Å². The molecule has 0 aliphatic carbocycles. The Balaban J connectivity index is 2.30. The summed E-state index contributed by atoms with van der Waals surface area (Å²) in [5.74, 6) is -2.51. The standard InChI is InChI=1S/C13H19FN2O6S/c1-3-22-13(18)12-11(14)10(4-16(12)2)23(19,20)15-9-7-21-6-8(9)5-17/h4,8-9,15,17H,3,5-7H2,1-2H3. The van der Waals surface area contributed by atoms with Gasteiger partial charge in [0.25, 0.3) is 0 Å². The molecule has 0 bridgehead atoms. The lowest BCUT2D eigenvalue weighted by molar-refractivity contribution is 0.0509. The highest BCUT2D eigenvalue weighted by Gasteiger charge is 2.35. The van der Waals surface area contributed by atoms with Crippen molar-refractivity contribution >= 4 is 16.0 Å². The lowest BCUT2D eigenvalue weighted by atomic mass is 10.1. The summed E-state index contributed by atoms with van der Waals surface area (Å²) in [7, 11) is -2.86. The summed E-state index contributed by atoms with van der Waals surface area (Å²) in [5, 5.41) is 9.18. The maximum atomic E-state index is 14.4. The topological polar surface area (TPSA) is 107 Å². The van der Waals surface area contributed by atoms with Crippen molar-refractivity contribution in [2.75, 3.05) is 26.4 Å².